The van der Waals surface area contributed by atoms with Crippen LogP contribution in [-0.4, -0.2) is 51.5 Å². The topological polar surface area (TPSA) is 113 Å². The Morgan fingerprint density at radius 3 is 2.39 bits per heavy atom. The van der Waals surface area contributed by atoms with E-state index in [9.17, 15) is 14.7 Å². The van der Waals surface area contributed by atoms with Crippen molar-refractivity contribution in [3.63, 3.8) is 0 Å². The summed E-state index contributed by atoms with van der Waals surface area (Å²) in [4.78, 5) is 24.6. The SMILES string of the molecule is CC(C)C(=O)OCCCCCOC(=O)OC1=CCC(O)C(n2nc3ccccc3n2)=C1. The second-order valence-corrected chi connectivity index (χ2v) is 7.49. The number of benzene rings is 1. The number of aliphatic hydroxyl groups is 1. The molecule has 0 amide bonds. The van der Waals surface area contributed by atoms with E-state index in [4.69, 9.17) is 14.2 Å². The average molecular weight is 429 g/mol. The molecule has 31 heavy (non-hydrogen) atoms. The van der Waals surface area contributed by atoms with Gasteiger partial charge in [0.05, 0.1) is 24.8 Å². The fourth-order valence-electron chi connectivity index (χ4n) is 2.89. The van der Waals surface area contributed by atoms with Crippen LogP contribution in [0.25, 0.3) is 16.7 Å². The third-order valence-electron chi connectivity index (χ3n) is 4.62. The molecule has 166 valence electrons. The lowest BCUT2D eigenvalue weighted by Crippen LogP contribution is -2.20. The summed E-state index contributed by atoms with van der Waals surface area (Å²) < 4.78 is 15.4. The third kappa shape index (κ3) is 6.39. The minimum absolute atomic E-state index is 0.133. The van der Waals surface area contributed by atoms with Crippen molar-refractivity contribution in [3.05, 3.63) is 42.2 Å². The van der Waals surface area contributed by atoms with Gasteiger partial charge in [-0.05, 0) is 37.5 Å². The van der Waals surface area contributed by atoms with Crippen LogP contribution in [0, 0.1) is 5.92 Å². The second kappa shape index (κ2) is 10.7. The summed E-state index contributed by atoms with van der Waals surface area (Å²) in [5.41, 5.74) is 1.81. The highest BCUT2D eigenvalue weighted by atomic mass is 16.7. The van der Waals surface area contributed by atoms with E-state index in [2.05, 4.69) is 10.2 Å². The molecule has 1 atom stereocenters. The van der Waals surface area contributed by atoms with E-state index >= 15 is 0 Å². The maximum Gasteiger partial charge on any atom is 0.513 e. The Morgan fingerprint density at radius 1 is 1.10 bits per heavy atom. The molecule has 0 radical (unpaired) electrons. The molecular weight excluding hydrogens is 402 g/mol. The minimum atomic E-state index is -0.817. The lowest BCUT2D eigenvalue weighted by Gasteiger charge is -2.18. The number of allylic oxidation sites excluding steroid dienone is 1. The molecule has 9 heteroatoms. The van der Waals surface area contributed by atoms with Gasteiger partial charge in [0.2, 0.25) is 0 Å². The van der Waals surface area contributed by atoms with Crippen molar-refractivity contribution < 1.29 is 28.9 Å². The summed E-state index contributed by atoms with van der Waals surface area (Å²) in [6.45, 7) is 4.14. The number of hydrogen-bond acceptors (Lipinski definition) is 8. The van der Waals surface area contributed by atoms with Gasteiger partial charge in [-0.15, -0.1) is 10.2 Å². The molecule has 0 bridgehead atoms. The molecule has 1 N–H and O–H groups in total. The number of aromatic nitrogens is 3. The van der Waals surface area contributed by atoms with E-state index < -0.39 is 12.3 Å². The van der Waals surface area contributed by atoms with Crippen LogP contribution in [0.15, 0.2) is 42.2 Å². The van der Waals surface area contributed by atoms with Gasteiger partial charge < -0.3 is 19.3 Å². The standard InChI is InChI=1S/C22H27N3O6/c1-15(2)21(27)29-12-6-3-7-13-30-22(28)31-16-10-11-20(26)19(14-16)25-23-17-8-4-5-9-18(17)24-25/h4-5,8-10,14-15,20,26H,3,6-7,11-13H2,1-2H3. The van der Waals surface area contributed by atoms with Gasteiger partial charge in [0.1, 0.15) is 22.9 Å². The summed E-state index contributed by atoms with van der Waals surface area (Å²) in [6, 6.07) is 7.37. The van der Waals surface area contributed by atoms with Crippen LogP contribution in [0.4, 0.5) is 4.79 Å². The van der Waals surface area contributed by atoms with Crippen LogP contribution in [0.1, 0.15) is 39.5 Å². The van der Waals surface area contributed by atoms with E-state index in [-0.39, 0.29) is 30.7 Å². The van der Waals surface area contributed by atoms with Crippen molar-refractivity contribution in [3.8, 4) is 0 Å². The number of rotatable bonds is 9. The first-order chi connectivity index (χ1) is 14.9. The van der Waals surface area contributed by atoms with Gasteiger partial charge in [-0.1, -0.05) is 26.0 Å². The Kier molecular flexibility index (Phi) is 7.77. The number of ether oxygens (including phenoxy) is 3. The van der Waals surface area contributed by atoms with Gasteiger partial charge in [0.25, 0.3) is 0 Å². The predicted octanol–water partition coefficient (Wildman–Crippen LogP) is 3.44. The highest BCUT2D eigenvalue weighted by Gasteiger charge is 2.21. The second-order valence-electron chi connectivity index (χ2n) is 7.49. The molecule has 0 spiro atoms. The molecule has 3 rings (SSSR count). The zero-order valence-corrected chi connectivity index (χ0v) is 17.7. The number of carbonyl (C=O) groups is 2. The quantitative estimate of drug-likeness (QED) is 0.476. The molecule has 1 aliphatic carbocycles. The van der Waals surface area contributed by atoms with Crippen LogP contribution in [-0.2, 0) is 19.0 Å². The van der Waals surface area contributed by atoms with E-state index in [1.807, 2.05) is 24.3 Å². The molecule has 0 fully saturated rings. The highest BCUT2D eigenvalue weighted by molar-refractivity contribution is 5.74. The Hall–Kier alpha value is -3.20. The molecule has 2 aromatic rings. The number of unbranched alkanes of at least 4 members (excludes halogenated alkanes) is 2. The molecule has 0 aliphatic heterocycles. The Labute approximate surface area is 180 Å². The summed E-state index contributed by atoms with van der Waals surface area (Å²) in [6.07, 6.45) is 3.88. The monoisotopic (exact) mass is 429 g/mol. The van der Waals surface area contributed by atoms with Crippen molar-refractivity contribution in [2.24, 2.45) is 5.92 Å². The first kappa shape index (κ1) is 22.5. The number of fused-ring (bicyclic) bond motifs is 1. The molecule has 1 aromatic heterocycles. The molecule has 1 aromatic carbocycles. The van der Waals surface area contributed by atoms with E-state index in [1.165, 1.54) is 10.9 Å². The smallest absolute Gasteiger partial charge is 0.465 e. The maximum absolute atomic E-state index is 11.9. The normalized spacial score (nSPS) is 16.1. The van der Waals surface area contributed by atoms with Gasteiger partial charge in [-0.3, -0.25) is 4.79 Å². The van der Waals surface area contributed by atoms with Crippen LogP contribution in [0.2, 0.25) is 0 Å². The fraction of sp³-hybridized carbons (Fsp3) is 0.455. The Bertz CT molecular complexity index is 946. The van der Waals surface area contributed by atoms with Crippen LogP contribution >= 0.6 is 0 Å². The third-order valence-corrected chi connectivity index (χ3v) is 4.62. The largest absolute Gasteiger partial charge is 0.513 e. The fourth-order valence-corrected chi connectivity index (χ4v) is 2.89. The highest BCUT2D eigenvalue weighted by Crippen LogP contribution is 2.23. The molecule has 9 nitrogen and oxygen atoms in total. The molecule has 1 unspecified atom stereocenters. The maximum atomic E-state index is 11.9. The summed E-state index contributed by atoms with van der Waals surface area (Å²) in [5, 5.41) is 19.0. The van der Waals surface area contributed by atoms with Gasteiger partial charge in [0.15, 0.2) is 0 Å². The number of hydrogen-bond donors (Lipinski definition) is 1. The van der Waals surface area contributed by atoms with Crippen molar-refractivity contribution in [2.75, 3.05) is 13.2 Å². The number of nitrogens with zero attached hydrogens (tertiary/aromatic N) is 3. The van der Waals surface area contributed by atoms with Gasteiger partial charge in [-0.25, -0.2) is 4.79 Å². The molecular formula is C22H27N3O6. The summed E-state index contributed by atoms with van der Waals surface area (Å²) in [5.74, 6) is -0.0743. The summed E-state index contributed by atoms with van der Waals surface area (Å²) in [7, 11) is 0. The minimum Gasteiger partial charge on any atom is -0.465 e. The van der Waals surface area contributed by atoms with E-state index in [1.54, 1.807) is 19.9 Å². The molecule has 0 saturated carbocycles. The lowest BCUT2D eigenvalue weighted by molar-refractivity contribution is -0.147. The number of esters is 1. The van der Waals surface area contributed by atoms with E-state index in [0.717, 1.165) is 6.42 Å². The van der Waals surface area contributed by atoms with Crippen molar-refractivity contribution in [1.82, 2.24) is 15.0 Å². The molecule has 0 saturated heterocycles. The molecule has 1 aliphatic rings. The first-order valence-electron chi connectivity index (χ1n) is 10.4. The van der Waals surface area contributed by atoms with Crippen LogP contribution < -0.4 is 0 Å². The lowest BCUT2D eigenvalue weighted by atomic mass is 10.1. The van der Waals surface area contributed by atoms with Crippen LogP contribution in [0.5, 0.6) is 0 Å². The van der Waals surface area contributed by atoms with Gasteiger partial charge >= 0.3 is 12.1 Å². The van der Waals surface area contributed by atoms with E-state index in [0.29, 0.717) is 36.2 Å². The first-order valence-corrected chi connectivity index (χ1v) is 10.4. The predicted molar refractivity (Wildman–Crippen MR) is 113 cm³/mol. The van der Waals surface area contributed by atoms with Crippen LogP contribution in [0.3, 0.4) is 0 Å². The Balaban J connectivity index is 1.43. The Morgan fingerprint density at radius 2 is 1.74 bits per heavy atom. The zero-order chi connectivity index (χ0) is 22.2. The molecule has 1 heterocycles. The van der Waals surface area contributed by atoms with Gasteiger partial charge in [-0.2, -0.15) is 4.80 Å². The number of carbonyl (C=O) groups excluding carboxylic acids is 2. The average Bonchev–Trinajstić information content (AvgIpc) is 3.18. The zero-order valence-electron chi connectivity index (χ0n) is 17.7. The van der Waals surface area contributed by atoms with Crippen molar-refractivity contribution in [2.45, 2.75) is 45.6 Å². The van der Waals surface area contributed by atoms with Gasteiger partial charge in [0, 0.05) is 12.5 Å². The van der Waals surface area contributed by atoms with Crippen molar-refractivity contribution in [1.29, 1.82) is 0 Å². The number of aliphatic hydroxyl groups excluding tert-OH is 1. The summed E-state index contributed by atoms with van der Waals surface area (Å²) >= 11 is 0. The van der Waals surface area contributed by atoms with Crippen molar-refractivity contribution >= 4 is 28.9 Å².